The number of hydrazine groups is 1. The minimum atomic E-state index is -0.368. The van der Waals surface area contributed by atoms with E-state index >= 15 is 0 Å². The van der Waals surface area contributed by atoms with E-state index in [1.54, 1.807) is 12.1 Å². The second kappa shape index (κ2) is 6.54. The lowest BCUT2D eigenvalue weighted by molar-refractivity contribution is -0.121. The van der Waals surface area contributed by atoms with Gasteiger partial charge in [0.1, 0.15) is 5.69 Å². The Balaban J connectivity index is 1.62. The zero-order chi connectivity index (χ0) is 17.1. The van der Waals surface area contributed by atoms with Crippen LogP contribution in [0.3, 0.4) is 0 Å². The Morgan fingerprint density at radius 2 is 1.88 bits per heavy atom. The van der Waals surface area contributed by atoms with E-state index in [1.807, 2.05) is 44.2 Å². The molecular weight excluding hydrogens is 306 g/mol. The number of fused-ring (bicyclic) bond motifs is 1. The number of nitrogens with zero attached hydrogens (tertiary/aromatic N) is 1. The lowest BCUT2D eigenvalue weighted by atomic mass is 10.1. The Morgan fingerprint density at radius 1 is 1.08 bits per heavy atom. The van der Waals surface area contributed by atoms with Gasteiger partial charge in [-0.05, 0) is 37.6 Å². The summed E-state index contributed by atoms with van der Waals surface area (Å²) in [6, 6.07) is 12.8. The van der Waals surface area contributed by atoms with E-state index < -0.39 is 0 Å². The monoisotopic (exact) mass is 323 g/mol. The molecule has 0 unspecified atom stereocenters. The van der Waals surface area contributed by atoms with Crippen LogP contribution in [-0.4, -0.2) is 17.0 Å². The normalized spacial score (nSPS) is 10.6. The first kappa shape index (κ1) is 15.7. The van der Waals surface area contributed by atoms with Crippen LogP contribution in [-0.2, 0) is 11.2 Å². The van der Waals surface area contributed by atoms with E-state index in [1.165, 1.54) is 0 Å². The van der Waals surface area contributed by atoms with Gasteiger partial charge in [0.15, 0.2) is 5.58 Å². The maximum atomic E-state index is 12.1. The summed E-state index contributed by atoms with van der Waals surface area (Å²) in [6.07, 6.45) is 0.0180. The van der Waals surface area contributed by atoms with Crippen molar-refractivity contribution in [3.63, 3.8) is 0 Å². The summed E-state index contributed by atoms with van der Waals surface area (Å²) in [5.41, 5.74) is 8.43. The molecule has 0 fully saturated rings. The third-order valence-corrected chi connectivity index (χ3v) is 3.72. The smallest absolute Gasteiger partial charge is 0.269 e. The minimum absolute atomic E-state index is 0.0180. The molecule has 2 N–H and O–H groups in total. The molecule has 0 radical (unpaired) electrons. The number of hydrogen-bond acceptors (Lipinski definition) is 4. The molecule has 3 rings (SSSR count). The number of carbonyl (C=O) groups excluding carboxylic acids is 2. The Hall–Kier alpha value is -3.15. The molecule has 1 aromatic heterocycles. The van der Waals surface area contributed by atoms with E-state index in [0.717, 1.165) is 16.5 Å². The highest BCUT2D eigenvalue weighted by molar-refractivity contribution is 5.97. The molecule has 0 aliphatic rings. The number of aryl methyl sites for hydroxylation is 2. The fraction of sp³-hybridized carbons (Fsp3) is 0.167. The summed E-state index contributed by atoms with van der Waals surface area (Å²) in [4.78, 5) is 24.2. The average molecular weight is 323 g/mol. The zero-order valence-corrected chi connectivity index (χ0v) is 13.4. The second-order valence-corrected chi connectivity index (χ2v) is 5.62. The molecule has 6 nitrogen and oxygen atoms in total. The SMILES string of the molecule is Cc1ccc(C(=O)NNC(=O)Cc2noc3ccccc23)c(C)c1. The van der Waals surface area contributed by atoms with E-state index in [2.05, 4.69) is 16.0 Å². The predicted molar refractivity (Wildman–Crippen MR) is 89.2 cm³/mol. The quantitative estimate of drug-likeness (QED) is 0.725. The highest BCUT2D eigenvalue weighted by atomic mass is 16.5. The number of hydrogen-bond donors (Lipinski definition) is 2. The fourth-order valence-corrected chi connectivity index (χ4v) is 2.52. The molecule has 6 heteroatoms. The third kappa shape index (κ3) is 3.27. The Kier molecular flexibility index (Phi) is 4.29. The highest BCUT2D eigenvalue weighted by Crippen LogP contribution is 2.17. The molecule has 0 atom stereocenters. The van der Waals surface area contributed by atoms with Gasteiger partial charge in [0.2, 0.25) is 5.91 Å². The summed E-state index contributed by atoms with van der Waals surface area (Å²) in [7, 11) is 0. The van der Waals surface area contributed by atoms with Crippen LogP contribution in [0.15, 0.2) is 47.0 Å². The van der Waals surface area contributed by atoms with Gasteiger partial charge < -0.3 is 4.52 Å². The van der Waals surface area contributed by atoms with E-state index in [0.29, 0.717) is 16.8 Å². The molecule has 0 aliphatic carbocycles. The van der Waals surface area contributed by atoms with Gasteiger partial charge in [-0.1, -0.05) is 35.0 Å². The van der Waals surface area contributed by atoms with E-state index in [9.17, 15) is 9.59 Å². The van der Waals surface area contributed by atoms with Gasteiger partial charge in [0.25, 0.3) is 5.91 Å². The molecule has 0 saturated heterocycles. The third-order valence-electron chi connectivity index (χ3n) is 3.72. The Labute approximate surface area is 138 Å². The van der Waals surface area contributed by atoms with Crippen molar-refractivity contribution in [3.8, 4) is 0 Å². The molecule has 3 aromatic rings. The van der Waals surface area contributed by atoms with Gasteiger partial charge in [0.05, 0.1) is 6.42 Å². The van der Waals surface area contributed by atoms with Crippen molar-refractivity contribution < 1.29 is 14.1 Å². The lowest BCUT2D eigenvalue weighted by Gasteiger charge is -2.09. The van der Waals surface area contributed by atoms with E-state index in [-0.39, 0.29) is 18.2 Å². The van der Waals surface area contributed by atoms with Gasteiger partial charge in [-0.25, -0.2) is 0 Å². The number of rotatable bonds is 3. The van der Waals surface area contributed by atoms with Gasteiger partial charge >= 0.3 is 0 Å². The lowest BCUT2D eigenvalue weighted by Crippen LogP contribution is -2.42. The molecular formula is C18H17N3O3. The van der Waals surface area contributed by atoms with Crippen LogP contribution in [0.4, 0.5) is 0 Å². The van der Waals surface area contributed by atoms with Gasteiger partial charge in [0, 0.05) is 10.9 Å². The molecule has 122 valence electrons. The fourth-order valence-electron chi connectivity index (χ4n) is 2.52. The van der Waals surface area contributed by atoms with Crippen LogP contribution < -0.4 is 10.9 Å². The summed E-state index contributed by atoms with van der Waals surface area (Å²) in [6.45, 7) is 3.81. The number of benzene rings is 2. The molecule has 0 spiro atoms. The molecule has 0 aliphatic heterocycles. The molecule has 2 aromatic carbocycles. The molecule has 2 amide bonds. The van der Waals surface area contributed by atoms with Crippen molar-refractivity contribution >= 4 is 22.8 Å². The number of nitrogens with one attached hydrogen (secondary N) is 2. The van der Waals surface area contributed by atoms with Crippen molar-refractivity contribution in [2.75, 3.05) is 0 Å². The summed E-state index contributed by atoms with van der Waals surface area (Å²) in [5.74, 6) is -0.724. The number of carbonyl (C=O) groups is 2. The number of amides is 2. The first-order valence-electron chi connectivity index (χ1n) is 7.54. The maximum Gasteiger partial charge on any atom is 0.269 e. The van der Waals surface area contributed by atoms with Crippen molar-refractivity contribution in [1.82, 2.24) is 16.0 Å². The molecule has 24 heavy (non-hydrogen) atoms. The maximum absolute atomic E-state index is 12.1. The molecule has 0 saturated carbocycles. The van der Waals surface area contributed by atoms with Crippen LogP contribution in [0.2, 0.25) is 0 Å². The van der Waals surface area contributed by atoms with Gasteiger partial charge in [-0.3, -0.25) is 20.4 Å². The van der Waals surface area contributed by atoms with Gasteiger partial charge in [-0.15, -0.1) is 0 Å². The minimum Gasteiger partial charge on any atom is -0.356 e. The molecule has 0 bridgehead atoms. The van der Waals surface area contributed by atoms with Crippen molar-refractivity contribution in [1.29, 1.82) is 0 Å². The van der Waals surface area contributed by atoms with Crippen LogP contribution in [0, 0.1) is 13.8 Å². The highest BCUT2D eigenvalue weighted by Gasteiger charge is 2.14. The zero-order valence-electron chi connectivity index (χ0n) is 13.4. The summed E-state index contributed by atoms with van der Waals surface area (Å²) < 4.78 is 5.15. The predicted octanol–water partition coefficient (Wildman–Crippen LogP) is 2.45. The van der Waals surface area contributed by atoms with Crippen LogP contribution in [0.1, 0.15) is 27.2 Å². The number of aromatic nitrogens is 1. The van der Waals surface area contributed by atoms with Crippen LogP contribution in [0.5, 0.6) is 0 Å². The average Bonchev–Trinajstić information content (AvgIpc) is 2.96. The Morgan fingerprint density at radius 3 is 2.67 bits per heavy atom. The van der Waals surface area contributed by atoms with Crippen molar-refractivity contribution in [3.05, 3.63) is 64.8 Å². The number of para-hydroxylation sites is 1. The largest absolute Gasteiger partial charge is 0.356 e. The van der Waals surface area contributed by atoms with E-state index in [4.69, 9.17) is 4.52 Å². The van der Waals surface area contributed by atoms with Gasteiger partial charge in [-0.2, -0.15) is 0 Å². The van der Waals surface area contributed by atoms with Crippen molar-refractivity contribution in [2.24, 2.45) is 0 Å². The summed E-state index contributed by atoms with van der Waals surface area (Å²) >= 11 is 0. The topological polar surface area (TPSA) is 84.2 Å². The molecule has 1 heterocycles. The second-order valence-electron chi connectivity index (χ2n) is 5.62. The summed E-state index contributed by atoms with van der Waals surface area (Å²) in [5, 5.41) is 4.68. The Bertz CT molecular complexity index is 915. The van der Waals surface area contributed by atoms with Crippen LogP contribution in [0.25, 0.3) is 11.0 Å². The van der Waals surface area contributed by atoms with Crippen molar-refractivity contribution in [2.45, 2.75) is 20.3 Å². The standard InChI is InChI=1S/C18H17N3O3/c1-11-7-8-13(12(2)9-11)18(23)20-19-17(22)10-15-14-5-3-4-6-16(14)24-21-15/h3-9H,10H2,1-2H3,(H,19,22)(H,20,23). The van der Waals surface area contributed by atoms with Crippen LogP contribution >= 0.6 is 0 Å². The first-order chi connectivity index (χ1) is 11.5. The first-order valence-corrected chi connectivity index (χ1v) is 7.54.